The molecule has 2 heterocycles. The largest absolute Gasteiger partial charge is 0.492 e. The number of thiophene rings is 1. The van der Waals surface area contributed by atoms with Gasteiger partial charge in [0.05, 0.1) is 23.2 Å². The van der Waals surface area contributed by atoms with Crippen molar-refractivity contribution in [3.63, 3.8) is 0 Å². The van der Waals surface area contributed by atoms with Crippen molar-refractivity contribution in [2.45, 2.75) is 19.4 Å². The van der Waals surface area contributed by atoms with Gasteiger partial charge < -0.3 is 4.74 Å². The summed E-state index contributed by atoms with van der Waals surface area (Å²) in [6, 6.07) is 5.63. The molecule has 1 unspecified atom stereocenters. The maximum Gasteiger partial charge on any atom is 0.137 e. The van der Waals surface area contributed by atoms with Crippen molar-refractivity contribution in [1.29, 1.82) is 0 Å². The molecule has 0 radical (unpaired) electrons. The summed E-state index contributed by atoms with van der Waals surface area (Å²) < 4.78 is 6.32. The number of rotatable bonds is 6. The van der Waals surface area contributed by atoms with Crippen molar-refractivity contribution < 1.29 is 4.74 Å². The number of hydrazine groups is 1. The van der Waals surface area contributed by atoms with Gasteiger partial charge in [-0.3, -0.25) is 10.8 Å². The van der Waals surface area contributed by atoms with Crippen molar-refractivity contribution >= 4 is 22.9 Å². The van der Waals surface area contributed by atoms with Crippen LogP contribution in [0.25, 0.3) is 0 Å². The fraction of sp³-hybridized carbons (Fsp3) is 0.308. The van der Waals surface area contributed by atoms with Crippen molar-refractivity contribution in [2.75, 3.05) is 6.61 Å². The van der Waals surface area contributed by atoms with Crippen LogP contribution in [0.5, 0.6) is 5.75 Å². The number of nitrogens with two attached hydrogens (primary N) is 1. The van der Waals surface area contributed by atoms with Crippen molar-refractivity contribution in [1.82, 2.24) is 10.4 Å². The van der Waals surface area contributed by atoms with E-state index in [0.29, 0.717) is 6.61 Å². The number of nitrogens with one attached hydrogen (secondary N) is 1. The Morgan fingerprint density at radius 1 is 1.47 bits per heavy atom. The van der Waals surface area contributed by atoms with E-state index in [1.54, 1.807) is 12.4 Å². The second-order valence-corrected chi connectivity index (χ2v) is 5.79. The molecule has 3 N–H and O–H groups in total. The smallest absolute Gasteiger partial charge is 0.137 e. The topological polar surface area (TPSA) is 60.2 Å². The van der Waals surface area contributed by atoms with Crippen molar-refractivity contribution in [3.05, 3.63) is 45.4 Å². The Morgan fingerprint density at radius 3 is 2.95 bits per heavy atom. The van der Waals surface area contributed by atoms with Crippen LogP contribution in [0.4, 0.5) is 0 Å². The quantitative estimate of drug-likeness (QED) is 0.635. The summed E-state index contributed by atoms with van der Waals surface area (Å²) in [5.41, 5.74) is 3.74. The molecule has 2 aromatic rings. The van der Waals surface area contributed by atoms with Crippen LogP contribution in [0.1, 0.15) is 29.8 Å². The first kappa shape index (κ1) is 14.3. The van der Waals surface area contributed by atoms with Crippen LogP contribution in [-0.4, -0.2) is 11.6 Å². The van der Waals surface area contributed by atoms with Crippen LogP contribution < -0.4 is 16.0 Å². The molecule has 0 saturated carbocycles. The maximum atomic E-state index is 5.96. The average molecular weight is 298 g/mol. The molecule has 102 valence electrons. The highest BCUT2D eigenvalue weighted by atomic mass is 35.5. The molecule has 0 saturated heterocycles. The van der Waals surface area contributed by atoms with E-state index in [4.69, 9.17) is 22.2 Å². The lowest BCUT2D eigenvalue weighted by Crippen LogP contribution is -2.28. The average Bonchev–Trinajstić information content (AvgIpc) is 2.84. The van der Waals surface area contributed by atoms with Gasteiger partial charge >= 0.3 is 0 Å². The molecule has 0 amide bonds. The van der Waals surface area contributed by atoms with E-state index in [-0.39, 0.29) is 6.04 Å². The Kier molecular flexibility index (Phi) is 5.15. The molecule has 0 aromatic carbocycles. The lowest BCUT2D eigenvalue weighted by atomic mass is 10.1. The minimum Gasteiger partial charge on any atom is -0.492 e. The first-order chi connectivity index (χ1) is 9.24. The highest BCUT2D eigenvalue weighted by molar-refractivity contribution is 7.16. The third-order valence-electron chi connectivity index (χ3n) is 2.59. The number of nitrogens with zero attached hydrogens (tertiary/aromatic N) is 1. The lowest BCUT2D eigenvalue weighted by molar-refractivity contribution is 0.315. The van der Waals surface area contributed by atoms with Crippen LogP contribution in [-0.2, 0) is 0 Å². The summed E-state index contributed by atoms with van der Waals surface area (Å²) in [5.74, 6) is 6.39. The number of ether oxygens (including phenoxy) is 1. The SMILES string of the molecule is CCCOc1cncc(C(NN)c2ccc(Cl)s2)c1. The Morgan fingerprint density at radius 2 is 2.32 bits per heavy atom. The van der Waals surface area contributed by atoms with E-state index >= 15 is 0 Å². The zero-order valence-electron chi connectivity index (χ0n) is 10.6. The van der Waals surface area contributed by atoms with Crippen LogP contribution in [0.2, 0.25) is 4.34 Å². The second-order valence-electron chi connectivity index (χ2n) is 4.04. The third-order valence-corrected chi connectivity index (χ3v) is 3.88. The molecule has 19 heavy (non-hydrogen) atoms. The molecule has 0 aliphatic rings. The maximum absolute atomic E-state index is 5.96. The Bertz CT molecular complexity index is 532. The normalized spacial score (nSPS) is 12.4. The minimum atomic E-state index is -0.129. The monoisotopic (exact) mass is 297 g/mol. The summed E-state index contributed by atoms with van der Waals surface area (Å²) in [4.78, 5) is 5.23. The highest BCUT2D eigenvalue weighted by Gasteiger charge is 2.15. The van der Waals surface area contributed by atoms with E-state index < -0.39 is 0 Å². The third kappa shape index (κ3) is 3.67. The van der Waals surface area contributed by atoms with Crippen LogP contribution in [0, 0.1) is 0 Å². The standard InChI is InChI=1S/C13H16ClN3OS/c1-2-5-18-10-6-9(7-16-8-10)13(17-15)11-3-4-12(14)19-11/h3-4,6-8,13,17H,2,5,15H2,1H3. The minimum absolute atomic E-state index is 0.129. The first-order valence-electron chi connectivity index (χ1n) is 6.03. The molecular weight excluding hydrogens is 282 g/mol. The van der Waals surface area contributed by atoms with Gasteiger partial charge in [-0.1, -0.05) is 18.5 Å². The van der Waals surface area contributed by atoms with Crippen molar-refractivity contribution in [3.8, 4) is 5.75 Å². The zero-order valence-corrected chi connectivity index (χ0v) is 12.2. The van der Waals surface area contributed by atoms with Gasteiger partial charge in [0, 0.05) is 11.1 Å². The number of halogens is 1. The fourth-order valence-electron chi connectivity index (χ4n) is 1.72. The van der Waals surface area contributed by atoms with Crippen molar-refractivity contribution in [2.24, 2.45) is 5.84 Å². The summed E-state index contributed by atoms with van der Waals surface area (Å²) >= 11 is 7.45. The van der Waals surface area contributed by atoms with Crippen LogP contribution >= 0.6 is 22.9 Å². The number of pyridine rings is 1. The molecule has 2 aromatic heterocycles. The Labute approximate surface area is 121 Å². The second kappa shape index (κ2) is 6.86. The number of aromatic nitrogens is 1. The van der Waals surface area contributed by atoms with E-state index in [2.05, 4.69) is 17.3 Å². The van der Waals surface area contributed by atoms with E-state index in [1.807, 2.05) is 18.2 Å². The number of hydrogen-bond donors (Lipinski definition) is 2. The summed E-state index contributed by atoms with van der Waals surface area (Å²) in [7, 11) is 0. The van der Waals surface area contributed by atoms with Gasteiger partial charge in [-0.25, -0.2) is 5.43 Å². The van der Waals surface area contributed by atoms with Gasteiger partial charge in [-0.2, -0.15) is 0 Å². The lowest BCUT2D eigenvalue weighted by Gasteiger charge is -2.15. The highest BCUT2D eigenvalue weighted by Crippen LogP contribution is 2.31. The molecule has 1 atom stereocenters. The number of hydrogen-bond acceptors (Lipinski definition) is 5. The van der Waals surface area contributed by atoms with Gasteiger partial charge in [0.2, 0.25) is 0 Å². The summed E-state index contributed by atoms with van der Waals surface area (Å²) in [6.45, 7) is 2.74. The van der Waals surface area contributed by atoms with Gasteiger partial charge in [0.15, 0.2) is 0 Å². The fourth-order valence-corrected chi connectivity index (χ4v) is 2.87. The summed E-state index contributed by atoms with van der Waals surface area (Å²) in [6.07, 6.45) is 4.44. The molecular formula is C13H16ClN3OS. The van der Waals surface area contributed by atoms with E-state index in [9.17, 15) is 0 Å². The molecule has 2 rings (SSSR count). The summed E-state index contributed by atoms with van der Waals surface area (Å²) in [5, 5.41) is 0. The molecule has 0 fully saturated rings. The molecule has 4 nitrogen and oxygen atoms in total. The zero-order chi connectivity index (χ0) is 13.7. The molecule has 0 aliphatic carbocycles. The van der Waals surface area contributed by atoms with E-state index in [1.165, 1.54) is 11.3 Å². The molecule has 0 bridgehead atoms. The van der Waals surface area contributed by atoms with Gasteiger partial charge in [-0.05, 0) is 30.2 Å². The molecule has 0 aliphatic heterocycles. The van der Waals surface area contributed by atoms with Gasteiger partial charge in [-0.15, -0.1) is 11.3 Å². The Balaban J connectivity index is 2.23. The van der Waals surface area contributed by atoms with Gasteiger partial charge in [0.1, 0.15) is 5.75 Å². The van der Waals surface area contributed by atoms with Crippen LogP contribution in [0.15, 0.2) is 30.6 Å². The predicted octanol–water partition coefficient (Wildman–Crippen LogP) is 3.14. The molecule has 6 heteroatoms. The van der Waals surface area contributed by atoms with E-state index in [0.717, 1.165) is 26.9 Å². The van der Waals surface area contributed by atoms with Gasteiger partial charge in [0.25, 0.3) is 0 Å². The Hall–Kier alpha value is -1.14. The predicted molar refractivity (Wildman–Crippen MR) is 78.5 cm³/mol. The first-order valence-corrected chi connectivity index (χ1v) is 7.23. The van der Waals surface area contributed by atoms with Crippen LogP contribution in [0.3, 0.4) is 0 Å². The molecule has 0 spiro atoms.